The molecule has 29 heavy (non-hydrogen) atoms. The third-order valence-corrected chi connectivity index (χ3v) is 7.31. The smallest absolute Gasteiger partial charge is 0.260 e. The second-order valence-electron chi connectivity index (χ2n) is 6.30. The summed E-state index contributed by atoms with van der Waals surface area (Å²) in [6.07, 6.45) is 0. The Hall–Kier alpha value is -2.29. The average molecular weight is 445 g/mol. The topological polar surface area (TPSA) is 64.2 Å². The summed E-state index contributed by atoms with van der Waals surface area (Å²) in [6, 6.07) is 11.6. The fourth-order valence-corrected chi connectivity index (χ4v) is 5.48. The zero-order valence-corrected chi connectivity index (χ0v) is 18.5. The fraction of sp³-hybridized carbons (Fsp3) is 0.238. The summed E-state index contributed by atoms with van der Waals surface area (Å²) < 4.78 is 10.9. The van der Waals surface area contributed by atoms with Gasteiger partial charge >= 0.3 is 0 Å². The minimum absolute atomic E-state index is 0.0684. The molecule has 0 saturated carbocycles. The summed E-state index contributed by atoms with van der Waals surface area (Å²) in [5.74, 6) is 3.12. The summed E-state index contributed by atoms with van der Waals surface area (Å²) in [5.41, 5.74) is 0.894. The molecule has 0 unspecified atom stereocenters. The lowest BCUT2D eigenvalue weighted by Gasteiger charge is -2.11. The van der Waals surface area contributed by atoms with Crippen LogP contribution in [0.2, 0.25) is 0 Å². The SMILES string of the molecule is COc1ccc(OCCS[C@H](C)c2nc3scc(-c4cccs4)c3c(=O)[nH]2)cc1. The number of aromatic amines is 1. The van der Waals surface area contributed by atoms with Gasteiger partial charge in [-0.1, -0.05) is 6.07 Å². The Morgan fingerprint density at radius 1 is 1.17 bits per heavy atom. The van der Waals surface area contributed by atoms with E-state index < -0.39 is 0 Å². The van der Waals surface area contributed by atoms with Crippen LogP contribution in [0.15, 0.2) is 52.0 Å². The van der Waals surface area contributed by atoms with Gasteiger partial charge in [0.15, 0.2) is 0 Å². The molecule has 0 bridgehead atoms. The maximum absolute atomic E-state index is 12.7. The molecule has 1 N–H and O–H groups in total. The highest BCUT2D eigenvalue weighted by atomic mass is 32.2. The highest BCUT2D eigenvalue weighted by Gasteiger charge is 2.16. The Balaban J connectivity index is 1.39. The van der Waals surface area contributed by atoms with E-state index in [0.29, 0.717) is 17.8 Å². The van der Waals surface area contributed by atoms with Crippen LogP contribution in [0.25, 0.3) is 20.7 Å². The Bertz CT molecular complexity index is 1130. The molecular formula is C21H20N2O3S3. The molecule has 0 fully saturated rings. The van der Waals surface area contributed by atoms with Crippen LogP contribution in [0.5, 0.6) is 11.5 Å². The lowest BCUT2D eigenvalue weighted by molar-refractivity contribution is 0.342. The molecule has 0 saturated heterocycles. The largest absolute Gasteiger partial charge is 0.497 e. The third-order valence-electron chi connectivity index (χ3n) is 4.41. The number of methoxy groups -OCH3 is 1. The molecule has 150 valence electrons. The van der Waals surface area contributed by atoms with Crippen molar-refractivity contribution in [3.05, 3.63) is 63.3 Å². The van der Waals surface area contributed by atoms with E-state index in [2.05, 4.69) is 11.9 Å². The van der Waals surface area contributed by atoms with Crippen LogP contribution < -0.4 is 15.0 Å². The van der Waals surface area contributed by atoms with E-state index in [9.17, 15) is 4.79 Å². The van der Waals surface area contributed by atoms with Crippen molar-refractivity contribution in [2.75, 3.05) is 19.5 Å². The fourth-order valence-electron chi connectivity index (χ4n) is 2.91. The predicted octanol–water partition coefficient (Wildman–Crippen LogP) is 5.59. The molecule has 5 nitrogen and oxygen atoms in total. The van der Waals surface area contributed by atoms with Crippen LogP contribution in [-0.2, 0) is 0 Å². The number of benzene rings is 1. The van der Waals surface area contributed by atoms with E-state index in [0.717, 1.165) is 32.5 Å². The first-order chi connectivity index (χ1) is 14.2. The molecule has 1 atom stereocenters. The van der Waals surface area contributed by atoms with E-state index >= 15 is 0 Å². The molecule has 4 aromatic rings. The zero-order valence-electron chi connectivity index (χ0n) is 16.0. The van der Waals surface area contributed by atoms with Gasteiger partial charge in [-0.15, -0.1) is 34.4 Å². The number of rotatable bonds is 8. The highest BCUT2D eigenvalue weighted by molar-refractivity contribution is 7.99. The molecule has 3 heterocycles. The van der Waals surface area contributed by atoms with Crippen molar-refractivity contribution >= 4 is 44.7 Å². The molecule has 0 amide bonds. The van der Waals surface area contributed by atoms with Gasteiger partial charge < -0.3 is 14.5 Å². The van der Waals surface area contributed by atoms with Gasteiger partial charge in [-0.3, -0.25) is 4.79 Å². The molecule has 0 aliphatic rings. The van der Waals surface area contributed by atoms with Crippen molar-refractivity contribution in [1.29, 1.82) is 0 Å². The van der Waals surface area contributed by atoms with Gasteiger partial charge in [-0.2, -0.15) is 0 Å². The number of nitrogens with zero attached hydrogens (tertiary/aromatic N) is 1. The third kappa shape index (κ3) is 4.49. The summed E-state index contributed by atoms with van der Waals surface area (Å²) >= 11 is 4.85. The Kier molecular flexibility index (Phi) is 6.22. The number of nitrogens with one attached hydrogen (secondary N) is 1. The second-order valence-corrected chi connectivity index (χ2v) is 9.55. The number of thioether (sulfide) groups is 1. The average Bonchev–Trinajstić information content (AvgIpc) is 3.41. The molecule has 0 aliphatic carbocycles. The summed E-state index contributed by atoms with van der Waals surface area (Å²) in [4.78, 5) is 22.3. The first-order valence-electron chi connectivity index (χ1n) is 9.09. The Morgan fingerprint density at radius 2 is 1.97 bits per heavy atom. The molecule has 8 heteroatoms. The maximum atomic E-state index is 12.7. The molecule has 3 aromatic heterocycles. The number of thiophene rings is 2. The minimum atomic E-state index is -0.0726. The lowest BCUT2D eigenvalue weighted by atomic mass is 10.2. The van der Waals surface area contributed by atoms with Gasteiger partial charge in [0, 0.05) is 21.6 Å². The minimum Gasteiger partial charge on any atom is -0.497 e. The van der Waals surface area contributed by atoms with Crippen LogP contribution >= 0.6 is 34.4 Å². The second kappa shape index (κ2) is 9.02. The van der Waals surface area contributed by atoms with Gasteiger partial charge in [-0.05, 0) is 42.6 Å². The number of hydrogen-bond donors (Lipinski definition) is 1. The van der Waals surface area contributed by atoms with E-state index in [4.69, 9.17) is 14.5 Å². The number of aromatic nitrogens is 2. The van der Waals surface area contributed by atoms with Crippen LogP contribution in [0.1, 0.15) is 18.0 Å². The van der Waals surface area contributed by atoms with E-state index in [-0.39, 0.29) is 10.8 Å². The first kappa shape index (κ1) is 20.0. The van der Waals surface area contributed by atoms with Crippen molar-refractivity contribution < 1.29 is 9.47 Å². The van der Waals surface area contributed by atoms with Crippen LogP contribution in [0.4, 0.5) is 0 Å². The molecular weight excluding hydrogens is 424 g/mol. The lowest BCUT2D eigenvalue weighted by Crippen LogP contribution is -2.13. The van der Waals surface area contributed by atoms with E-state index in [1.807, 2.05) is 47.2 Å². The van der Waals surface area contributed by atoms with Crippen LogP contribution in [0, 0.1) is 0 Å². The summed E-state index contributed by atoms with van der Waals surface area (Å²) in [6.45, 7) is 2.63. The van der Waals surface area contributed by atoms with Crippen LogP contribution in [0.3, 0.4) is 0 Å². The van der Waals surface area contributed by atoms with Crippen molar-refractivity contribution in [2.24, 2.45) is 0 Å². The van der Waals surface area contributed by atoms with Gasteiger partial charge in [0.05, 0.1) is 24.4 Å². The predicted molar refractivity (Wildman–Crippen MR) is 123 cm³/mol. The quantitative estimate of drug-likeness (QED) is 0.359. The Morgan fingerprint density at radius 3 is 2.69 bits per heavy atom. The monoisotopic (exact) mass is 444 g/mol. The molecule has 0 aliphatic heterocycles. The first-order valence-corrected chi connectivity index (χ1v) is 11.9. The number of hydrogen-bond acceptors (Lipinski definition) is 7. The molecule has 4 rings (SSSR count). The van der Waals surface area contributed by atoms with Gasteiger partial charge in [0.25, 0.3) is 5.56 Å². The summed E-state index contributed by atoms with van der Waals surface area (Å²) in [7, 11) is 1.64. The zero-order chi connectivity index (χ0) is 20.2. The summed E-state index contributed by atoms with van der Waals surface area (Å²) in [5, 5.41) is 4.78. The van der Waals surface area contributed by atoms with Crippen molar-refractivity contribution in [2.45, 2.75) is 12.2 Å². The maximum Gasteiger partial charge on any atom is 0.260 e. The normalized spacial score (nSPS) is 12.2. The van der Waals surface area contributed by atoms with Gasteiger partial charge in [-0.25, -0.2) is 4.98 Å². The van der Waals surface area contributed by atoms with Crippen molar-refractivity contribution in [1.82, 2.24) is 9.97 Å². The highest BCUT2D eigenvalue weighted by Crippen LogP contribution is 2.34. The molecule has 0 spiro atoms. The number of ether oxygens (including phenoxy) is 2. The number of H-pyrrole nitrogens is 1. The number of fused-ring (bicyclic) bond motifs is 1. The van der Waals surface area contributed by atoms with Gasteiger partial charge in [0.2, 0.25) is 0 Å². The Labute approximate surface area is 180 Å². The van der Waals surface area contributed by atoms with Crippen molar-refractivity contribution in [3.8, 4) is 21.9 Å². The van der Waals surface area contributed by atoms with E-state index in [1.54, 1.807) is 30.2 Å². The standard InChI is InChI=1S/C21H20N2O3S3/c1-13(27-11-9-26-15-7-5-14(25-2)6-8-15)19-22-20(24)18-16(12-29-21(18)23-19)17-4-3-10-28-17/h3-8,10,12-13H,9,11H2,1-2H3,(H,22,23,24)/t13-/m1/s1. The molecule has 0 radical (unpaired) electrons. The van der Waals surface area contributed by atoms with Gasteiger partial charge in [0.1, 0.15) is 22.2 Å². The van der Waals surface area contributed by atoms with E-state index in [1.165, 1.54) is 11.3 Å². The van der Waals surface area contributed by atoms with Crippen LogP contribution in [-0.4, -0.2) is 29.4 Å². The van der Waals surface area contributed by atoms with Crippen molar-refractivity contribution in [3.63, 3.8) is 0 Å². The molecule has 1 aromatic carbocycles.